The van der Waals surface area contributed by atoms with Crippen LogP contribution >= 0.6 is 11.3 Å². The van der Waals surface area contributed by atoms with E-state index in [1.165, 1.54) is 5.56 Å². The molecular weight excluding hydrogens is 182 g/mol. The van der Waals surface area contributed by atoms with Crippen molar-refractivity contribution in [2.45, 2.75) is 13.3 Å². The maximum Gasteiger partial charge on any atom is 0.259 e. The van der Waals surface area contributed by atoms with Gasteiger partial charge in [-0.1, -0.05) is 6.92 Å². The molecule has 0 aromatic carbocycles. The van der Waals surface area contributed by atoms with E-state index < -0.39 is 0 Å². The van der Waals surface area contributed by atoms with Gasteiger partial charge in [-0.05, 0) is 23.4 Å². The lowest BCUT2D eigenvalue weighted by Gasteiger charge is -2.02. The second-order valence-electron chi connectivity index (χ2n) is 3.09. The van der Waals surface area contributed by atoms with Crippen LogP contribution in [0.15, 0.2) is 22.4 Å². The fraction of sp³-hybridized carbons (Fsp3) is 0.300. The molecule has 2 heterocycles. The summed E-state index contributed by atoms with van der Waals surface area (Å²) in [5.41, 5.74) is 1.36. The second kappa shape index (κ2) is 3.00. The monoisotopic (exact) mass is 193 g/mol. The largest absolute Gasteiger partial charge is 0.318 e. The van der Waals surface area contributed by atoms with E-state index in [4.69, 9.17) is 0 Å². The summed E-state index contributed by atoms with van der Waals surface area (Å²) in [7, 11) is 1.80. The first kappa shape index (κ1) is 8.51. The van der Waals surface area contributed by atoms with Gasteiger partial charge in [0.1, 0.15) is 0 Å². The van der Waals surface area contributed by atoms with E-state index in [1.807, 2.05) is 17.6 Å². The Hall–Kier alpha value is -1.09. The molecule has 0 spiro atoms. The van der Waals surface area contributed by atoms with Gasteiger partial charge in [0.25, 0.3) is 5.56 Å². The molecule has 3 heteroatoms. The van der Waals surface area contributed by atoms with Crippen molar-refractivity contribution in [3.63, 3.8) is 0 Å². The zero-order valence-corrected chi connectivity index (χ0v) is 8.52. The highest BCUT2D eigenvalue weighted by Crippen LogP contribution is 2.21. The van der Waals surface area contributed by atoms with Crippen molar-refractivity contribution in [1.29, 1.82) is 0 Å². The van der Waals surface area contributed by atoms with Gasteiger partial charge in [0.15, 0.2) is 0 Å². The van der Waals surface area contributed by atoms with Crippen LogP contribution in [0, 0.1) is 0 Å². The van der Waals surface area contributed by atoms with E-state index in [-0.39, 0.29) is 5.56 Å². The molecule has 0 saturated heterocycles. The van der Waals surface area contributed by atoms with Gasteiger partial charge in [0.2, 0.25) is 0 Å². The Morgan fingerprint density at radius 1 is 1.54 bits per heavy atom. The van der Waals surface area contributed by atoms with E-state index in [2.05, 4.69) is 6.92 Å². The van der Waals surface area contributed by atoms with Crippen LogP contribution < -0.4 is 5.56 Å². The van der Waals surface area contributed by atoms with Gasteiger partial charge in [0, 0.05) is 17.9 Å². The minimum absolute atomic E-state index is 0.105. The predicted octanol–water partition coefficient (Wildman–Crippen LogP) is 2.16. The van der Waals surface area contributed by atoms with E-state index in [9.17, 15) is 4.79 Å². The maximum atomic E-state index is 11.6. The Morgan fingerprint density at radius 2 is 2.31 bits per heavy atom. The Morgan fingerprint density at radius 3 is 3.00 bits per heavy atom. The van der Waals surface area contributed by atoms with E-state index in [0.717, 1.165) is 16.5 Å². The molecular formula is C10H11NOS. The van der Waals surface area contributed by atoms with Crippen LogP contribution in [0.5, 0.6) is 0 Å². The zero-order valence-electron chi connectivity index (χ0n) is 7.70. The lowest BCUT2D eigenvalue weighted by Crippen LogP contribution is -2.16. The number of thiophene rings is 1. The van der Waals surface area contributed by atoms with Crippen molar-refractivity contribution in [3.8, 4) is 0 Å². The summed E-state index contributed by atoms with van der Waals surface area (Å²) in [5, 5.41) is 2.83. The van der Waals surface area contributed by atoms with Gasteiger partial charge in [0.05, 0.1) is 5.39 Å². The van der Waals surface area contributed by atoms with E-state index in [0.29, 0.717) is 0 Å². The highest BCUT2D eigenvalue weighted by atomic mass is 32.1. The predicted molar refractivity (Wildman–Crippen MR) is 56.4 cm³/mol. The molecule has 0 unspecified atom stereocenters. The minimum Gasteiger partial charge on any atom is -0.318 e. The molecule has 0 atom stereocenters. The molecule has 68 valence electrons. The standard InChI is InChI=1S/C10H11NOS/c1-3-7-6-11(2)10(12)8-4-5-13-9(7)8/h4-6H,3H2,1-2H3. The van der Waals surface area contributed by atoms with Crippen molar-refractivity contribution < 1.29 is 0 Å². The summed E-state index contributed by atoms with van der Waals surface area (Å²) in [6, 6.07) is 1.90. The Balaban J connectivity index is 2.95. The SMILES string of the molecule is CCc1cn(C)c(=O)c2ccsc12. The Kier molecular flexibility index (Phi) is 1.96. The molecule has 0 radical (unpaired) electrons. The molecule has 0 aliphatic rings. The number of hydrogen-bond donors (Lipinski definition) is 0. The lowest BCUT2D eigenvalue weighted by atomic mass is 10.2. The molecule has 2 rings (SSSR count). The van der Waals surface area contributed by atoms with Crippen molar-refractivity contribution in [3.05, 3.63) is 33.6 Å². The van der Waals surface area contributed by atoms with Gasteiger partial charge in [-0.3, -0.25) is 4.79 Å². The second-order valence-corrected chi connectivity index (χ2v) is 4.00. The molecule has 13 heavy (non-hydrogen) atoms. The molecule has 0 N–H and O–H groups in total. The number of aromatic nitrogens is 1. The Labute approximate surface area is 80.4 Å². The molecule has 2 aromatic heterocycles. The first-order chi connectivity index (χ1) is 6.24. The van der Waals surface area contributed by atoms with Gasteiger partial charge in [-0.2, -0.15) is 0 Å². The van der Waals surface area contributed by atoms with Gasteiger partial charge < -0.3 is 4.57 Å². The quantitative estimate of drug-likeness (QED) is 0.680. The van der Waals surface area contributed by atoms with Crippen LogP contribution in [-0.4, -0.2) is 4.57 Å². The summed E-state index contributed by atoms with van der Waals surface area (Å²) in [6.45, 7) is 2.11. The third-order valence-electron chi connectivity index (χ3n) is 2.24. The molecule has 0 bridgehead atoms. The summed E-state index contributed by atoms with van der Waals surface area (Å²) >= 11 is 1.65. The minimum atomic E-state index is 0.105. The lowest BCUT2D eigenvalue weighted by molar-refractivity contribution is 0.858. The normalized spacial score (nSPS) is 10.9. The first-order valence-corrected chi connectivity index (χ1v) is 5.17. The van der Waals surface area contributed by atoms with E-state index >= 15 is 0 Å². The topological polar surface area (TPSA) is 22.0 Å². The average Bonchev–Trinajstić information content (AvgIpc) is 2.60. The molecule has 0 aliphatic heterocycles. The van der Waals surface area contributed by atoms with Crippen LogP contribution in [0.1, 0.15) is 12.5 Å². The summed E-state index contributed by atoms with van der Waals surface area (Å²) < 4.78 is 2.80. The molecule has 0 fully saturated rings. The highest BCUT2D eigenvalue weighted by molar-refractivity contribution is 7.17. The highest BCUT2D eigenvalue weighted by Gasteiger charge is 2.05. The van der Waals surface area contributed by atoms with Crippen LogP contribution in [0.3, 0.4) is 0 Å². The number of fused-ring (bicyclic) bond motifs is 1. The molecule has 0 aliphatic carbocycles. The van der Waals surface area contributed by atoms with Gasteiger partial charge in [-0.15, -0.1) is 11.3 Å². The van der Waals surface area contributed by atoms with E-state index in [1.54, 1.807) is 23.0 Å². The van der Waals surface area contributed by atoms with Crippen molar-refractivity contribution in [2.75, 3.05) is 0 Å². The number of hydrogen-bond acceptors (Lipinski definition) is 2. The molecule has 0 saturated carbocycles. The van der Waals surface area contributed by atoms with Crippen molar-refractivity contribution >= 4 is 21.4 Å². The molecule has 2 aromatic rings. The summed E-state index contributed by atoms with van der Waals surface area (Å²) in [5.74, 6) is 0. The third kappa shape index (κ3) is 1.20. The van der Waals surface area contributed by atoms with Crippen LogP contribution in [-0.2, 0) is 13.5 Å². The fourth-order valence-corrected chi connectivity index (χ4v) is 2.49. The van der Waals surface area contributed by atoms with Crippen molar-refractivity contribution in [2.24, 2.45) is 7.05 Å². The average molecular weight is 193 g/mol. The summed E-state index contributed by atoms with van der Waals surface area (Å²) in [6.07, 6.45) is 2.91. The maximum absolute atomic E-state index is 11.6. The first-order valence-electron chi connectivity index (χ1n) is 4.29. The van der Waals surface area contributed by atoms with Crippen LogP contribution in [0.4, 0.5) is 0 Å². The number of rotatable bonds is 1. The fourth-order valence-electron chi connectivity index (χ4n) is 1.52. The summed E-state index contributed by atoms with van der Waals surface area (Å²) in [4.78, 5) is 11.6. The number of pyridine rings is 1. The smallest absolute Gasteiger partial charge is 0.259 e. The van der Waals surface area contributed by atoms with Crippen LogP contribution in [0.25, 0.3) is 10.1 Å². The number of aryl methyl sites for hydroxylation is 2. The van der Waals surface area contributed by atoms with Gasteiger partial charge in [-0.25, -0.2) is 0 Å². The third-order valence-corrected chi connectivity index (χ3v) is 3.23. The van der Waals surface area contributed by atoms with Gasteiger partial charge >= 0.3 is 0 Å². The molecule has 2 nitrogen and oxygen atoms in total. The Bertz CT molecular complexity index is 495. The molecule has 0 amide bonds. The number of nitrogens with zero attached hydrogens (tertiary/aromatic N) is 1. The zero-order chi connectivity index (χ0) is 9.42. The van der Waals surface area contributed by atoms with Crippen LogP contribution in [0.2, 0.25) is 0 Å². The van der Waals surface area contributed by atoms with Crippen molar-refractivity contribution in [1.82, 2.24) is 4.57 Å².